The van der Waals surface area contributed by atoms with Crippen LogP contribution in [0.25, 0.3) is 10.9 Å². The number of rotatable bonds is 2. The molecule has 1 aromatic carbocycles. The molecular formula is C11H8ClFN2O2. The van der Waals surface area contributed by atoms with Crippen molar-refractivity contribution in [2.75, 3.05) is 0 Å². The summed E-state index contributed by atoms with van der Waals surface area (Å²) >= 11 is 5.78. The molecule has 0 radical (unpaired) electrons. The van der Waals surface area contributed by atoms with E-state index in [4.69, 9.17) is 11.6 Å². The summed E-state index contributed by atoms with van der Waals surface area (Å²) in [7, 11) is 0. The van der Waals surface area contributed by atoms with Gasteiger partial charge in [-0.05, 0) is 30.7 Å². The fourth-order valence-corrected chi connectivity index (χ4v) is 1.78. The monoisotopic (exact) mass is 254 g/mol. The third-order valence-corrected chi connectivity index (χ3v) is 2.56. The Morgan fingerprint density at radius 3 is 2.88 bits per heavy atom. The van der Waals surface area contributed by atoms with E-state index in [-0.39, 0.29) is 28.5 Å². The molecule has 6 heteroatoms. The first-order valence-corrected chi connectivity index (χ1v) is 5.22. The first-order chi connectivity index (χ1) is 8.00. The van der Waals surface area contributed by atoms with Crippen LogP contribution in [0, 0.1) is 5.82 Å². The summed E-state index contributed by atoms with van der Waals surface area (Å²) in [4.78, 5) is 26.8. The SMILES string of the molecule is CC(=O)Cn1c(Cl)nc2cccc(F)c2c1=O. The predicted octanol–water partition coefficient (Wildman–Crippen LogP) is 1.78. The Morgan fingerprint density at radius 2 is 2.24 bits per heavy atom. The van der Waals surface area contributed by atoms with E-state index >= 15 is 0 Å². The van der Waals surface area contributed by atoms with Crippen LogP contribution in [0.4, 0.5) is 4.39 Å². The Morgan fingerprint density at radius 1 is 1.53 bits per heavy atom. The highest BCUT2D eigenvalue weighted by Crippen LogP contribution is 2.14. The molecule has 0 aliphatic carbocycles. The molecule has 1 aromatic heterocycles. The number of hydrogen-bond donors (Lipinski definition) is 0. The van der Waals surface area contributed by atoms with Crippen molar-refractivity contribution in [1.82, 2.24) is 9.55 Å². The lowest BCUT2D eigenvalue weighted by atomic mass is 10.2. The maximum Gasteiger partial charge on any atom is 0.265 e. The van der Waals surface area contributed by atoms with Gasteiger partial charge in [0.2, 0.25) is 5.28 Å². The van der Waals surface area contributed by atoms with Crippen molar-refractivity contribution in [2.45, 2.75) is 13.5 Å². The average molecular weight is 255 g/mol. The number of carbonyl (C=O) groups is 1. The van der Waals surface area contributed by atoms with Crippen LogP contribution in [0.1, 0.15) is 6.92 Å². The van der Waals surface area contributed by atoms with Gasteiger partial charge in [-0.2, -0.15) is 0 Å². The molecule has 0 atom stereocenters. The number of carbonyl (C=O) groups excluding carboxylic acids is 1. The quantitative estimate of drug-likeness (QED) is 0.768. The fraction of sp³-hybridized carbons (Fsp3) is 0.182. The number of fused-ring (bicyclic) bond motifs is 1. The van der Waals surface area contributed by atoms with E-state index in [0.29, 0.717) is 0 Å². The molecule has 1 heterocycles. The van der Waals surface area contributed by atoms with E-state index in [2.05, 4.69) is 4.98 Å². The Labute approximate surface area is 101 Å². The van der Waals surface area contributed by atoms with Gasteiger partial charge in [-0.1, -0.05) is 6.07 Å². The molecule has 17 heavy (non-hydrogen) atoms. The second kappa shape index (κ2) is 4.25. The molecule has 0 unspecified atom stereocenters. The molecule has 4 nitrogen and oxygen atoms in total. The highest BCUT2D eigenvalue weighted by Gasteiger charge is 2.13. The normalized spacial score (nSPS) is 10.8. The molecule has 0 N–H and O–H groups in total. The molecule has 0 spiro atoms. The minimum Gasteiger partial charge on any atom is -0.298 e. The van der Waals surface area contributed by atoms with Gasteiger partial charge in [0.05, 0.1) is 12.1 Å². The number of nitrogens with zero attached hydrogens (tertiary/aromatic N) is 2. The first kappa shape index (κ1) is 11.7. The van der Waals surface area contributed by atoms with Gasteiger partial charge in [0.15, 0.2) is 0 Å². The van der Waals surface area contributed by atoms with Gasteiger partial charge in [-0.3, -0.25) is 14.2 Å². The van der Waals surface area contributed by atoms with Gasteiger partial charge in [0.25, 0.3) is 5.56 Å². The second-order valence-electron chi connectivity index (χ2n) is 3.61. The lowest BCUT2D eigenvalue weighted by Crippen LogP contribution is -2.25. The maximum atomic E-state index is 13.5. The van der Waals surface area contributed by atoms with E-state index in [1.807, 2.05) is 0 Å². The minimum absolute atomic E-state index is 0.122. The number of halogens is 2. The van der Waals surface area contributed by atoms with Crippen molar-refractivity contribution >= 4 is 28.3 Å². The highest BCUT2D eigenvalue weighted by molar-refractivity contribution is 6.28. The number of benzene rings is 1. The van der Waals surface area contributed by atoms with Crippen molar-refractivity contribution in [1.29, 1.82) is 0 Å². The number of Topliss-reactive ketones (excluding diaryl/α,β-unsaturated/α-hetero) is 1. The van der Waals surface area contributed by atoms with E-state index in [1.165, 1.54) is 19.1 Å². The minimum atomic E-state index is -0.672. The van der Waals surface area contributed by atoms with Crippen molar-refractivity contribution < 1.29 is 9.18 Å². The standard InChI is InChI=1S/C11H8ClFN2O2/c1-6(16)5-15-10(17)9-7(13)3-2-4-8(9)14-11(15)12/h2-4H,5H2,1H3. The molecule has 0 fully saturated rings. The number of hydrogen-bond acceptors (Lipinski definition) is 3. The van der Waals surface area contributed by atoms with Gasteiger partial charge in [0.1, 0.15) is 17.0 Å². The van der Waals surface area contributed by atoms with E-state index in [9.17, 15) is 14.0 Å². The number of ketones is 1. The van der Waals surface area contributed by atoms with Crippen molar-refractivity contribution in [3.05, 3.63) is 39.7 Å². The van der Waals surface area contributed by atoms with Gasteiger partial charge in [-0.25, -0.2) is 9.37 Å². The third-order valence-electron chi connectivity index (χ3n) is 2.27. The van der Waals surface area contributed by atoms with Crippen molar-refractivity contribution in [3.8, 4) is 0 Å². The molecule has 0 bridgehead atoms. The smallest absolute Gasteiger partial charge is 0.265 e. The van der Waals surface area contributed by atoms with Crippen LogP contribution in [0.15, 0.2) is 23.0 Å². The maximum absolute atomic E-state index is 13.5. The molecular weight excluding hydrogens is 247 g/mol. The van der Waals surface area contributed by atoms with Crippen LogP contribution in [0.2, 0.25) is 5.28 Å². The summed E-state index contributed by atoms with van der Waals surface area (Å²) in [5.41, 5.74) is -0.465. The molecule has 2 rings (SSSR count). The van der Waals surface area contributed by atoms with Crippen molar-refractivity contribution in [3.63, 3.8) is 0 Å². The van der Waals surface area contributed by atoms with Crippen LogP contribution in [-0.4, -0.2) is 15.3 Å². The second-order valence-corrected chi connectivity index (χ2v) is 3.95. The van der Waals surface area contributed by atoms with Gasteiger partial charge < -0.3 is 0 Å². The van der Waals surface area contributed by atoms with Crippen LogP contribution in [-0.2, 0) is 11.3 Å². The zero-order chi connectivity index (χ0) is 12.6. The molecule has 2 aromatic rings. The lowest BCUT2D eigenvalue weighted by Gasteiger charge is -2.07. The Kier molecular flexibility index (Phi) is 2.93. The highest BCUT2D eigenvalue weighted by atomic mass is 35.5. The van der Waals surface area contributed by atoms with E-state index < -0.39 is 11.4 Å². The molecule has 0 saturated carbocycles. The fourth-order valence-electron chi connectivity index (χ4n) is 1.56. The molecule has 0 aliphatic rings. The Hall–Kier alpha value is -1.75. The summed E-state index contributed by atoms with van der Waals surface area (Å²) in [5.74, 6) is -0.930. The van der Waals surface area contributed by atoms with Crippen LogP contribution < -0.4 is 5.56 Å². The predicted molar refractivity (Wildman–Crippen MR) is 61.7 cm³/mol. The van der Waals surface area contributed by atoms with Crippen LogP contribution in [0.5, 0.6) is 0 Å². The van der Waals surface area contributed by atoms with Crippen LogP contribution in [0.3, 0.4) is 0 Å². The van der Waals surface area contributed by atoms with E-state index in [1.54, 1.807) is 0 Å². The van der Waals surface area contributed by atoms with Crippen LogP contribution >= 0.6 is 11.6 Å². The number of aromatic nitrogens is 2. The van der Waals surface area contributed by atoms with Crippen molar-refractivity contribution in [2.24, 2.45) is 0 Å². The summed E-state index contributed by atoms with van der Waals surface area (Å²) < 4.78 is 14.5. The Bertz CT molecular complexity index is 666. The average Bonchev–Trinajstić information content (AvgIpc) is 2.23. The van der Waals surface area contributed by atoms with Gasteiger partial charge in [-0.15, -0.1) is 0 Å². The zero-order valence-electron chi connectivity index (χ0n) is 8.91. The van der Waals surface area contributed by atoms with E-state index in [0.717, 1.165) is 10.6 Å². The zero-order valence-corrected chi connectivity index (χ0v) is 9.66. The third kappa shape index (κ3) is 2.06. The summed E-state index contributed by atoms with van der Waals surface area (Å²) in [6, 6.07) is 4.09. The summed E-state index contributed by atoms with van der Waals surface area (Å²) in [6.07, 6.45) is 0. The lowest BCUT2D eigenvalue weighted by molar-refractivity contribution is -0.117. The first-order valence-electron chi connectivity index (χ1n) is 4.84. The molecule has 0 amide bonds. The largest absolute Gasteiger partial charge is 0.298 e. The molecule has 88 valence electrons. The topological polar surface area (TPSA) is 52.0 Å². The summed E-state index contributed by atoms with van der Waals surface area (Å²) in [5, 5.41) is -0.276. The van der Waals surface area contributed by atoms with Gasteiger partial charge in [0, 0.05) is 0 Å². The van der Waals surface area contributed by atoms with Gasteiger partial charge >= 0.3 is 0 Å². The summed E-state index contributed by atoms with van der Waals surface area (Å²) in [6.45, 7) is 1.10. The molecule has 0 aliphatic heterocycles. The molecule has 0 saturated heterocycles. The Balaban J connectivity index is 2.83.